The fourth-order valence-electron chi connectivity index (χ4n) is 4.04. The number of rotatable bonds is 13. The van der Waals surface area contributed by atoms with E-state index in [0.29, 0.717) is 18.7 Å². The van der Waals surface area contributed by atoms with E-state index in [0.717, 1.165) is 14.2 Å². The SMILES string of the molecule is CCCNC(=O)C(Cc1ccccc1)N(Cc1ccccc1F)C(=O)CN(c1ccccc1)S(=O)(=O)N(C)C. The van der Waals surface area contributed by atoms with Gasteiger partial charge in [0, 0.05) is 39.2 Å². The van der Waals surface area contributed by atoms with Gasteiger partial charge in [0.2, 0.25) is 11.8 Å². The molecule has 0 bridgehead atoms. The van der Waals surface area contributed by atoms with Crippen LogP contribution in [0.4, 0.5) is 10.1 Å². The lowest BCUT2D eigenvalue weighted by Gasteiger charge is -2.34. The Bertz CT molecular complexity index is 1340. The Morgan fingerprint density at radius 2 is 1.49 bits per heavy atom. The second-order valence-corrected chi connectivity index (χ2v) is 11.3. The monoisotopic (exact) mass is 554 g/mol. The molecule has 0 radical (unpaired) electrons. The van der Waals surface area contributed by atoms with Crippen molar-refractivity contribution in [3.63, 3.8) is 0 Å². The van der Waals surface area contributed by atoms with Gasteiger partial charge in [-0.05, 0) is 30.2 Å². The average molecular weight is 555 g/mol. The number of hydrogen-bond donors (Lipinski definition) is 1. The molecule has 0 aliphatic rings. The highest BCUT2D eigenvalue weighted by atomic mass is 32.2. The van der Waals surface area contributed by atoms with Crippen molar-refractivity contribution in [1.82, 2.24) is 14.5 Å². The van der Waals surface area contributed by atoms with E-state index >= 15 is 0 Å². The number of halogens is 1. The summed E-state index contributed by atoms with van der Waals surface area (Å²) < 4.78 is 43.3. The molecule has 0 aliphatic carbocycles. The Labute approximate surface area is 230 Å². The molecule has 1 N–H and O–H groups in total. The van der Waals surface area contributed by atoms with E-state index in [1.807, 2.05) is 37.3 Å². The molecule has 8 nitrogen and oxygen atoms in total. The summed E-state index contributed by atoms with van der Waals surface area (Å²) in [5.74, 6) is -1.56. The number of amides is 2. The van der Waals surface area contributed by atoms with Crippen molar-refractivity contribution < 1.29 is 22.4 Å². The fourth-order valence-corrected chi connectivity index (χ4v) is 5.10. The fraction of sp³-hybridized carbons (Fsp3) is 0.310. The first-order chi connectivity index (χ1) is 18.6. The van der Waals surface area contributed by atoms with Crippen LogP contribution in [0.15, 0.2) is 84.9 Å². The van der Waals surface area contributed by atoms with E-state index in [-0.39, 0.29) is 18.5 Å². The molecule has 208 valence electrons. The van der Waals surface area contributed by atoms with Crippen LogP contribution in [0.2, 0.25) is 0 Å². The van der Waals surface area contributed by atoms with Crippen LogP contribution in [-0.4, -0.2) is 62.7 Å². The first-order valence-corrected chi connectivity index (χ1v) is 14.1. The Morgan fingerprint density at radius 3 is 2.08 bits per heavy atom. The lowest BCUT2D eigenvalue weighted by molar-refractivity contribution is -0.140. The number of nitrogens with zero attached hydrogens (tertiary/aromatic N) is 3. The van der Waals surface area contributed by atoms with E-state index in [1.54, 1.807) is 48.5 Å². The number of anilines is 1. The molecule has 1 unspecified atom stereocenters. The van der Waals surface area contributed by atoms with Gasteiger partial charge >= 0.3 is 10.2 Å². The molecule has 0 saturated heterocycles. The number of nitrogens with one attached hydrogen (secondary N) is 1. The van der Waals surface area contributed by atoms with Gasteiger partial charge in [0.1, 0.15) is 18.4 Å². The van der Waals surface area contributed by atoms with Gasteiger partial charge in [0.25, 0.3) is 0 Å². The molecule has 3 aromatic carbocycles. The van der Waals surface area contributed by atoms with Gasteiger partial charge in [-0.1, -0.05) is 73.7 Å². The molecule has 39 heavy (non-hydrogen) atoms. The summed E-state index contributed by atoms with van der Waals surface area (Å²) in [7, 11) is -1.32. The quantitative estimate of drug-likeness (QED) is 0.350. The van der Waals surface area contributed by atoms with Crippen molar-refractivity contribution in [2.45, 2.75) is 32.4 Å². The van der Waals surface area contributed by atoms with Crippen LogP contribution in [0, 0.1) is 5.82 Å². The molecule has 3 rings (SSSR count). The van der Waals surface area contributed by atoms with Crippen molar-refractivity contribution in [3.8, 4) is 0 Å². The Hall–Kier alpha value is -3.76. The standard InChI is InChI=1S/C29H35FN4O4S/c1-4-19-31-29(36)27(20-23-13-7-5-8-14-23)33(21-24-15-11-12-18-26(24)30)28(35)22-34(39(37,38)32(2)3)25-16-9-6-10-17-25/h5-18,27H,4,19-22H2,1-3H3,(H,31,36). The van der Waals surface area contributed by atoms with Crippen molar-refractivity contribution in [2.24, 2.45) is 0 Å². The molecule has 0 aliphatic heterocycles. The summed E-state index contributed by atoms with van der Waals surface area (Å²) in [6.07, 6.45) is 0.857. The minimum absolute atomic E-state index is 0.169. The molecule has 0 saturated carbocycles. The highest BCUT2D eigenvalue weighted by molar-refractivity contribution is 7.90. The van der Waals surface area contributed by atoms with Crippen molar-refractivity contribution >= 4 is 27.7 Å². The smallest absolute Gasteiger partial charge is 0.304 e. The minimum atomic E-state index is -4.08. The van der Waals surface area contributed by atoms with Crippen LogP contribution in [0.25, 0.3) is 0 Å². The highest BCUT2D eigenvalue weighted by Crippen LogP contribution is 2.22. The van der Waals surface area contributed by atoms with Gasteiger partial charge in [0.05, 0.1) is 5.69 Å². The minimum Gasteiger partial charge on any atom is -0.354 e. The molecule has 3 aromatic rings. The van der Waals surface area contributed by atoms with Crippen LogP contribution in [-0.2, 0) is 32.8 Å². The predicted octanol–water partition coefficient (Wildman–Crippen LogP) is 3.60. The lowest BCUT2D eigenvalue weighted by atomic mass is 10.0. The van der Waals surface area contributed by atoms with Crippen LogP contribution in [0.1, 0.15) is 24.5 Å². The highest BCUT2D eigenvalue weighted by Gasteiger charge is 2.34. The van der Waals surface area contributed by atoms with Crippen LogP contribution < -0.4 is 9.62 Å². The number of para-hydroxylation sites is 1. The van der Waals surface area contributed by atoms with E-state index in [9.17, 15) is 22.4 Å². The molecular formula is C29H35FN4O4S. The van der Waals surface area contributed by atoms with E-state index in [2.05, 4.69) is 5.32 Å². The normalized spacial score (nSPS) is 12.1. The Morgan fingerprint density at radius 1 is 0.897 bits per heavy atom. The van der Waals surface area contributed by atoms with E-state index < -0.39 is 40.4 Å². The van der Waals surface area contributed by atoms with E-state index in [1.165, 1.54) is 25.1 Å². The molecule has 10 heteroatoms. The van der Waals surface area contributed by atoms with Gasteiger partial charge in [-0.25, -0.2) is 8.70 Å². The topological polar surface area (TPSA) is 90.0 Å². The molecule has 0 spiro atoms. The molecular weight excluding hydrogens is 519 g/mol. The maximum atomic E-state index is 14.8. The van der Waals surface area contributed by atoms with Crippen molar-refractivity contribution in [2.75, 3.05) is 31.5 Å². The van der Waals surface area contributed by atoms with E-state index in [4.69, 9.17) is 0 Å². The summed E-state index contributed by atoms with van der Waals surface area (Å²) in [6, 6.07) is 22.5. The van der Waals surface area contributed by atoms with Crippen molar-refractivity contribution in [1.29, 1.82) is 0 Å². The van der Waals surface area contributed by atoms with Gasteiger partial charge in [0.15, 0.2) is 0 Å². The zero-order valence-electron chi connectivity index (χ0n) is 22.5. The molecule has 2 amide bonds. The summed E-state index contributed by atoms with van der Waals surface area (Å²) in [5, 5.41) is 2.86. The van der Waals surface area contributed by atoms with Crippen molar-refractivity contribution in [3.05, 3.63) is 102 Å². The molecule has 0 aromatic heterocycles. The number of carbonyl (C=O) groups is 2. The summed E-state index contributed by atoms with van der Waals surface area (Å²) in [5.41, 5.74) is 1.32. The van der Waals surface area contributed by atoms with Crippen LogP contribution in [0.5, 0.6) is 0 Å². The summed E-state index contributed by atoms with van der Waals surface area (Å²) >= 11 is 0. The molecule has 1 atom stereocenters. The number of carbonyl (C=O) groups excluding carboxylic acids is 2. The second-order valence-electron chi connectivity index (χ2n) is 9.24. The molecule has 0 fully saturated rings. The van der Waals surface area contributed by atoms with Gasteiger partial charge in [-0.2, -0.15) is 12.7 Å². The van der Waals surface area contributed by atoms with Crippen LogP contribution >= 0.6 is 0 Å². The maximum absolute atomic E-state index is 14.8. The van der Waals surface area contributed by atoms with Gasteiger partial charge < -0.3 is 10.2 Å². The lowest BCUT2D eigenvalue weighted by Crippen LogP contribution is -2.54. The summed E-state index contributed by atoms with van der Waals surface area (Å²) in [6.45, 7) is 1.52. The maximum Gasteiger partial charge on any atom is 0.304 e. The average Bonchev–Trinajstić information content (AvgIpc) is 2.93. The zero-order chi connectivity index (χ0) is 28.4. The molecule has 0 heterocycles. The number of hydrogen-bond acceptors (Lipinski definition) is 4. The first-order valence-electron chi connectivity index (χ1n) is 12.7. The third-order valence-corrected chi connectivity index (χ3v) is 8.00. The largest absolute Gasteiger partial charge is 0.354 e. The third kappa shape index (κ3) is 7.87. The predicted molar refractivity (Wildman–Crippen MR) is 151 cm³/mol. The Kier molecular flexibility index (Phi) is 10.6. The Balaban J connectivity index is 2.07. The van der Waals surface area contributed by atoms with Crippen LogP contribution in [0.3, 0.4) is 0 Å². The van der Waals surface area contributed by atoms with Gasteiger partial charge in [-0.15, -0.1) is 0 Å². The number of benzene rings is 3. The van der Waals surface area contributed by atoms with Gasteiger partial charge in [-0.3, -0.25) is 9.59 Å². The zero-order valence-corrected chi connectivity index (χ0v) is 23.3. The summed E-state index contributed by atoms with van der Waals surface area (Å²) in [4.78, 5) is 28.7. The third-order valence-electron chi connectivity index (χ3n) is 6.18. The first kappa shape index (κ1) is 29.8. The second kappa shape index (κ2) is 13.9.